The summed E-state index contributed by atoms with van der Waals surface area (Å²) in [6.45, 7) is 12.9. The molecule has 36 heavy (non-hydrogen) atoms. The molecule has 0 heterocycles. The molecule has 208 valence electrons. The molecule has 4 rings (SSSR count). The van der Waals surface area contributed by atoms with Crippen molar-refractivity contribution in [1.29, 1.82) is 0 Å². The first kappa shape index (κ1) is 29.5. The number of unbranched alkanes of at least 4 members (excludes halogenated alkanes) is 10. The van der Waals surface area contributed by atoms with Gasteiger partial charge >= 0.3 is 0 Å². The van der Waals surface area contributed by atoms with Crippen molar-refractivity contribution in [3.8, 4) is 0 Å². The van der Waals surface area contributed by atoms with Gasteiger partial charge in [-0.05, 0) is 98.2 Å². The van der Waals surface area contributed by atoms with Gasteiger partial charge in [-0.3, -0.25) is 0 Å². The van der Waals surface area contributed by atoms with E-state index in [2.05, 4.69) is 63.3 Å². The van der Waals surface area contributed by atoms with E-state index in [4.69, 9.17) is 0 Å². The third-order valence-corrected chi connectivity index (χ3v) is 15.4. The van der Waals surface area contributed by atoms with Crippen LogP contribution in [0.5, 0.6) is 0 Å². The molecule has 0 spiro atoms. The number of halogens is 1. The standard InChI is InChI=1S/C35H61I/c1-6-7-8-9-10-11-12-13-14-15-16-17-28(3)35(36)25-22-32-30-19-18-29-26-27(2)20-23-33(29,4)31(30)21-24-34(32,35)5/h18,27-28,30-32H,6-17,19-26H2,1-5H3/t27-,28+,30?,31-,32-,33-,34-,35-/m0/s1. The Hall–Kier alpha value is 0.470. The Bertz CT molecular complexity index is 724. The van der Waals surface area contributed by atoms with E-state index < -0.39 is 0 Å². The maximum atomic E-state index is 3.03. The second-order valence-electron chi connectivity index (χ2n) is 14.7. The van der Waals surface area contributed by atoms with Crippen molar-refractivity contribution in [1.82, 2.24) is 0 Å². The van der Waals surface area contributed by atoms with Gasteiger partial charge in [-0.25, -0.2) is 0 Å². The van der Waals surface area contributed by atoms with Gasteiger partial charge < -0.3 is 0 Å². The van der Waals surface area contributed by atoms with E-state index >= 15 is 0 Å². The monoisotopic (exact) mass is 608 g/mol. The van der Waals surface area contributed by atoms with E-state index in [1.807, 2.05) is 5.57 Å². The van der Waals surface area contributed by atoms with Crippen LogP contribution in [-0.2, 0) is 0 Å². The van der Waals surface area contributed by atoms with Crippen molar-refractivity contribution in [3.63, 3.8) is 0 Å². The number of alkyl halides is 1. The lowest BCUT2D eigenvalue weighted by Gasteiger charge is -2.60. The van der Waals surface area contributed by atoms with Gasteiger partial charge in [-0.1, -0.05) is 139 Å². The van der Waals surface area contributed by atoms with Gasteiger partial charge in [0.1, 0.15) is 0 Å². The topological polar surface area (TPSA) is 0 Å². The molecule has 0 aromatic rings. The highest BCUT2D eigenvalue weighted by Crippen LogP contribution is 2.71. The molecule has 4 aliphatic carbocycles. The van der Waals surface area contributed by atoms with Crippen LogP contribution in [0.2, 0.25) is 0 Å². The molecule has 0 nitrogen and oxygen atoms in total. The third kappa shape index (κ3) is 5.82. The molecule has 0 aromatic heterocycles. The van der Waals surface area contributed by atoms with Crippen LogP contribution < -0.4 is 0 Å². The summed E-state index contributed by atoms with van der Waals surface area (Å²) in [4.78, 5) is 0. The van der Waals surface area contributed by atoms with Gasteiger partial charge in [-0.15, -0.1) is 0 Å². The largest absolute Gasteiger partial charge is 0.0845 e. The van der Waals surface area contributed by atoms with E-state index in [9.17, 15) is 0 Å². The lowest BCUT2D eigenvalue weighted by atomic mass is 9.46. The fourth-order valence-corrected chi connectivity index (χ4v) is 11.3. The van der Waals surface area contributed by atoms with Gasteiger partial charge in [0.2, 0.25) is 0 Å². The Morgan fingerprint density at radius 2 is 1.44 bits per heavy atom. The van der Waals surface area contributed by atoms with E-state index in [1.165, 1.54) is 128 Å². The Morgan fingerprint density at radius 1 is 0.833 bits per heavy atom. The number of rotatable bonds is 13. The average molecular weight is 609 g/mol. The normalized spacial score (nSPS) is 40.8. The summed E-state index contributed by atoms with van der Waals surface area (Å²) in [5.74, 6) is 4.71. The van der Waals surface area contributed by atoms with Gasteiger partial charge in [-0.2, -0.15) is 0 Å². The summed E-state index contributed by atoms with van der Waals surface area (Å²) in [5, 5.41) is 0. The lowest BCUT2D eigenvalue weighted by molar-refractivity contribution is -0.0413. The predicted molar refractivity (Wildman–Crippen MR) is 168 cm³/mol. The first-order valence-corrected chi connectivity index (χ1v) is 17.7. The smallest absolute Gasteiger partial charge is 0.0304 e. The third-order valence-electron chi connectivity index (χ3n) is 12.5. The summed E-state index contributed by atoms with van der Waals surface area (Å²) < 4.78 is 0.533. The molecule has 0 aromatic carbocycles. The first-order valence-electron chi connectivity index (χ1n) is 16.6. The van der Waals surface area contributed by atoms with Crippen LogP contribution in [0.1, 0.15) is 163 Å². The van der Waals surface area contributed by atoms with Gasteiger partial charge in [0.15, 0.2) is 0 Å². The maximum Gasteiger partial charge on any atom is 0.0304 e. The summed E-state index contributed by atoms with van der Waals surface area (Å²) >= 11 is 3.03. The van der Waals surface area contributed by atoms with E-state index in [-0.39, 0.29) is 0 Å². The van der Waals surface area contributed by atoms with Crippen LogP contribution in [0.3, 0.4) is 0 Å². The van der Waals surface area contributed by atoms with Crippen LogP contribution in [0.15, 0.2) is 11.6 Å². The van der Waals surface area contributed by atoms with Crippen molar-refractivity contribution in [2.45, 2.75) is 166 Å². The first-order chi connectivity index (χ1) is 17.3. The van der Waals surface area contributed by atoms with E-state index in [0.717, 1.165) is 29.6 Å². The van der Waals surface area contributed by atoms with Gasteiger partial charge in [0, 0.05) is 3.42 Å². The quantitative estimate of drug-likeness (QED) is 0.0844. The number of allylic oxidation sites excluding steroid dienone is 2. The molecule has 8 atom stereocenters. The molecule has 0 amide bonds. The minimum Gasteiger partial charge on any atom is -0.0845 e. The van der Waals surface area contributed by atoms with E-state index in [0.29, 0.717) is 14.3 Å². The molecule has 0 aliphatic heterocycles. The minimum absolute atomic E-state index is 0.533. The summed E-state index contributed by atoms with van der Waals surface area (Å²) in [6.07, 6.45) is 32.1. The van der Waals surface area contributed by atoms with Gasteiger partial charge in [0.05, 0.1) is 0 Å². The minimum atomic E-state index is 0.533. The molecule has 3 saturated carbocycles. The molecule has 0 N–H and O–H groups in total. The molecule has 3 fully saturated rings. The summed E-state index contributed by atoms with van der Waals surface area (Å²) in [7, 11) is 0. The highest BCUT2D eigenvalue weighted by atomic mass is 127. The van der Waals surface area contributed by atoms with Crippen LogP contribution >= 0.6 is 22.6 Å². The zero-order chi connectivity index (χ0) is 25.8. The molecule has 0 bridgehead atoms. The van der Waals surface area contributed by atoms with Crippen molar-refractivity contribution >= 4 is 22.6 Å². The number of fused-ring (bicyclic) bond motifs is 5. The molecule has 0 saturated heterocycles. The highest BCUT2D eigenvalue weighted by Gasteiger charge is 2.64. The lowest BCUT2D eigenvalue weighted by Crippen LogP contribution is -2.54. The van der Waals surface area contributed by atoms with Crippen LogP contribution in [-0.4, -0.2) is 3.42 Å². The highest BCUT2D eigenvalue weighted by molar-refractivity contribution is 14.1. The number of hydrogen-bond acceptors (Lipinski definition) is 0. The zero-order valence-corrected chi connectivity index (χ0v) is 27.1. The molecule has 4 aliphatic rings. The predicted octanol–water partition coefficient (Wildman–Crippen LogP) is 12.1. The second kappa shape index (κ2) is 12.8. The van der Waals surface area contributed by atoms with Crippen LogP contribution in [0.4, 0.5) is 0 Å². The molecular weight excluding hydrogens is 547 g/mol. The SMILES string of the molecule is CCCCCCCCCCCCC[C@@H](C)[C@@]1(I)CC[C@H]2C3CC=C4C[C@@H](C)CC[C@]4(C)[C@H]3CC[C@@]21C. The molecule has 1 heteroatoms. The van der Waals surface area contributed by atoms with E-state index in [1.54, 1.807) is 0 Å². The molecule has 0 radical (unpaired) electrons. The fourth-order valence-electron chi connectivity index (χ4n) is 10.0. The zero-order valence-electron chi connectivity index (χ0n) is 25.0. The Kier molecular flexibility index (Phi) is 10.4. The fraction of sp³-hybridized carbons (Fsp3) is 0.943. The molecular formula is C35H61I. The Labute approximate surface area is 240 Å². The van der Waals surface area contributed by atoms with Crippen LogP contribution in [0, 0.1) is 40.4 Å². The second-order valence-corrected chi connectivity index (χ2v) is 16.6. The van der Waals surface area contributed by atoms with Crippen molar-refractivity contribution in [2.24, 2.45) is 40.4 Å². The Morgan fingerprint density at radius 3 is 2.11 bits per heavy atom. The van der Waals surface area contributed by atoms with Crippen LogP contribution in [0.25, 0.3) is 0 Å². The van der Waals surface area contributed by atoms with Crippen molar-refractivity contribution in [3.05, 3.63) is 11.6 Å². The molecule has 1 unspecified atom stereocenters. The van der Waals surface area contributed by atoms with Crippen molar-refractivity contribution < 1.29 is 0 Å². The van der Waals surface area contributed by atoms with Gasteiger partial charge in [0.25, 0.3) is 0 Å². The maximum absolute atomic E-state index is 3.03. The van der Waals surface area contributed by atoms with Crippen molar-refractivity contribution in [2.75, 3.05) is 0 Å². The summed E-state index contributed by atoms with van der Waals surface area (Å²) in [5.41, 5.74) is 2.97. The average Bonchev–Trinajstić information content (AvgIpc) is 3.14. The number of hydrogen-bond donors (Lipinski definition) is 0. The summed E-state index contributed by atoms with van der Waals surface area (Å²) in [6, 6.07) is 0. The Balaban J connectivity index is 1.25.